The summed E-state index contributed by atoms with van der Waals surface area (Å²) < 4.78 is 32.9. The van der Waals surface area contributed by atoms with Crippen molar-refractivity contribution in [2.75, 3.05) is 35.0 Å². The molecule has 188 valence electrons. The number of hydrogen-bond donors (Lipinski definition) is 4. The molecule has 10 nitrogen and oxygen atoms in total. The first-order valence-electron chi connectivity index (χ1n) is 10.8. The molecule has 0 aromatic heterocycles. The molecule has 1 aliphatic heterocycles. The van der Waals surface area contributed by atoms with E-state index in [1.807, 2.05) is 18.2 Å². The van der Waals surface area contributed by atoms with E-state index < -0.39 is 37.3 Å². The quantitative estimate of drug-likeness (QED) is 0.384. The number of hydrogen-bond acceptors (Lipinski definition) is 10. The maximum absolute atomic E-state index is 10.4. The monoisotopic (exact) mass is 480 g/mol. The van der Waals surface area contributed by atoms with Gasteiger partial charge in [-0.15, -0.1) is 0 Å². The van der Waals surface area contributed by atoms with Crippen LogP contribution in [0.25, 0.3) is 0 Å². The predicted octanol–water partition coefficient (Wildman–Crippen LogP) is 0.685. The van der Waals surface area contributed by atoms with E-state index >= 15 is 0 Å². The third-order valence-electron chi connectivity index (χ3n) is 5.71. The van der Waals surface area contributed by atoms with Gasteiger partial charge in [0.2, 0.25) is 12.0 Å². The number of methoxy groups -OCH3 is 4. The van der Waals surface area contributed by atoms with Crippen LogP contribution in [0.3, 0.4) is 0 Å². The van der Waals surface area contributed by atoms with E-state index in [9.17, 15) is 20.4 Å². The zero-order valence-corrected chi connectivity index (χ0v) is 19.6. The van der Waals surface area contributed by atoms with Crippen LogP contribution in [-0.2, 0) is 17.6 Å². The minimum absolute atomic E-state index is 0.212. The van der Waals surface area contributed by atoms with Gasteiger partial charge in [0.05, 0.1) is 35.0 Å². The van der Waals surface area contributed by atoms with Crippen molar-refractivity contribution in [3.05, 3.63) is 41.5 Å². The summed E-state index contributed by atoms with van der Waals surface area (Å²) in [6, 6.07) is 9.19. The molecule has 0 amide bonds. The standard InChI is InChI=1S/C24H32O10/c1-29-15-7-13(8-16(11-15)30-2)5-6-14-9-17(31-3)23(32-4)18(10-14)33-24-22(28)21(27)20(26)19(12-25)34-24/h7-11,19-22,24-28H,5-6,12H2,1-4H3/t19-,20-,21+,22-,24-/m1/s1. The van der Waals surface area contributed by atoms with Gasteiger partial charge >= 0.3 is 0 Å². The fourth-order valence-corrected chi connectivity index (χ4v) is 3.80. The molecule has 1 aliphatic rings. The summed E-state index contributed by atoms with van der Waals surface area (Å²) in [5.74, 6) is 2.26. The molecule has 1 saturated heterocycles. The minimum atomic E-state index is -1.56. The predicted molar refractivity (Wildman–Crippen MR) is 121 cm³/mol. The molecule has 0 radical (unpaired) electrons. The van der Waals surface area contributed by atoms with Crippen molar-refractivity contribution in [3.63, 3.8) is 0 Å². The molecular weight excluding hydrogens is 448 g/mol. The third kappa shape index (κ3) is 5.65. The molecule has 5 atom stereocenters. The summed E-state index contributed by atoms with van der Waals surface area (Å²) in [5.41, 5.74) is 1.85. The summed E-state index contributed by atoms with van der Waals surface area (Å²) in [4.78, 5) is 0. The maximum atomic E-state index is 10.4. The summed E-state index contributed by atoms with van der Waals surface area (Å²) in [6.45, 7) is -0.560. The lowest BCUT2D eigenvalue weighted by Gasteiger charge is -2.39. The minimum Gasteiger partial charge on any atom is -0.497 e. The van der Waals surface area contributed by atoms with E-state index in [1.165, 1.54) is 14.2 Å². The lowest BCUT2D eigenvalue weighted by atomic mass is 9.99. The molecule has 10 heteroatoms. The van der Waals surface area contributed by atoms with Gasteiger partial charge in [-0.05, 0) is 48.2 Å². The van der Waals surface area contributed by atoms with Crippen LogP contribution in [0.5, 0.6) is 28.7 Å². The first-order valence-corrected chi connectivity index (χ1v) is 10.8. The third-order valence-corrected chi connectivity index (χ3v) is 5.71. The molecule has 34 heavy (non-hydrogen) atoms. The molecular formula is C24H32O10. The highest BCUT2D eigenvalue weighted by atomic mass is 16.7. The number of aryl methyl sites for hydroxylation is 2. The van der Waals surface area contributed by atoms with Crippen LogP contribution in [-0.4, -0.2) is 86.2 Å². The SMILES string of the molecule is COc1cc(CCc2cc(OC)c(OC)c(O[C@@H]3O[C@H](CO)[C@@H](O)[C@H](O)[C@H]3O)c2)cc(OC)c1. The maximum Gasteiger partial charge on any atom is 0.229 e. The molecule has 2 aromatic rings. The summed E-state index contributed by atoms with van der Waals surface area (Å²) in [7, 11) is 6.12. The van der Waals surface area contributed by atoms with E-state index in [0.29, 0.717) is 30.1 Å². The Hall–Kier alpha value is -2.76. The van der Waals surface area contributed by atoms with Gasteiger partial charge in [-0.2, -0.15) is 0 Å². The average Bonchev–Trinajstić information content (AvgIpc) is 2.86. The van der Waals surface area contributed by atoms with E-state index in [-0.39, 0.29) is 11.5 Å². The van der Waals surface area contributed by atoms with Crippen molar-refractivity contribution in [3.8, 4) is 28.7 Å². The normalized spacial score (nSPS) is 24.4. The molecule has 3 rings (SSSR count). The van der Waals surface area contributed by atoms with Crippen LogP contribution >= 0.6 is 0 Å². The van der Waals surface area contributed by atoms with Gasteiger partial charge in [0.1, 0.15) is 35.9 Å². The van der Waals surface area contributed by atoms with Gasteiger partial charge < -0.3 is 48.8 Å². The van der Waals surface area contributed by atoms with E-state index in [0.717, 1.165) is 11.1 Å². The Kier molecular flexibility index (Phi) is 8.81. The largest absolute Gasteiger partial charge is 0.497 e. The van der Waals surface area contributed by atoms with Crippen LogP contribution in [0.15, 0.2) is 30.3 Å². The number of aliphatic hydroxyl groups is 4. The Morgan fingerprint density at radius 3 is 1.82 bits per heavy atom. The van der Waals surface area contributed by atoms with Crippen LogP contribution in [0.2, 0.25) is 0 Å². The number of aliphatic hydroxyl groups excluding tert-OH is 4. The fourth-order valence-electron chi connectivity index (χ4n) is 3.80. The van der Waals surface area contributed by atoms with Gasteiger partial charge in [0.15, 0.2) is 11.5 Å². The second kappa shape index (κ2) is 11.6. The van der Waals surface area contributed by atoms with Crippen molar-refractivity contribution in [2.24, 2.45) is 0 Å². The zero-order chi connectivity index (χ0) is 24.8. The summed E-state index contributed by atoms with van der Waals surface area (Å²) >= 11 is 0. The molecule has 2 aromatic carbocycles. The molecule has 0 aliphatic carbocycles. The van der Waals surface area contributed by atoms with Crippen LogP contribution in [0.1, 0.15) is 11.1 Å². The van der Waals surface area contributed by atoms with Gasteiger partial charge in [-0.25, -0.2) is 0 Å². The fraction of sp³-hybridized carbons (Fsp3) is 0.500. The Morgan fingerprint density at radius 2 is 1.29 bits per heavy atom. The van der Waals surface area contributed by atoms with Crippen molar-refractivity contribution >= 4 is 0 Å². The van der Waals surface area contributed by atoms with Crippen molar-refractivity contribution < 1.29 is 48.8 Å². The van der Waals surface area contributed by atoms with Crippen molar-refractivity contribution in [2.45, 2.75) is 43.5 Å². The smallest absolute Gasteiger partial charge is 0.229 e. The van der Waals surface area contributed by atoms with Gasteiger partial charge in [-0.3, -0.25) is 0 Å². The van der Waals surface area contributed by atoms with Crippen LogP contribution < -0.4 is 23.7 Å². The topological polar surface area (TPSA) is 136 Å². The van der Waals surface area contributed by atoms with E-state index in [2.05, 4.69) is 0 Å². The van der Waals surface area contributed by atoms with Gasteiger partial charge in [0.25, 0.3) is 0 Å². The Labute approximate surface area is 198 Å². The highest BCUT2D eigenvalue weighted by Gasteiger charge is 2.45. The Bertz CT molecular complexity index is 925. The molecule has 0 saturated carbocycles. The Balaban J connectivity index is 1.86. The molecule has 0 spiro atoms. The first kappa shape index (κ1) is 25.9. The second-order valence-corrected chi connectivity index (χ2v) is 7.87. The molecule has 0 bridgehead atoms. The highest BCUT2D eigenvalue weighted by molar-refractivity contribution is 5.54. The molecule has 0 unspecified atom stereocenters. The number of benzene rings is 2. The average molecular weight is 481 g/mol. The first-order chi connectivity index (χ1) is 16.3. The highest BCUT2D eigenvalue weighted by Crippen LogP contribution is 2.40. The molecule has 1 heterocycles. The molecule has 1 fully saturated rings. The molecule has 4 N–H and O–H groups in total. The Morgan fingerprint density at radius 1 is 0.706 bits per heavy atom. The van der Waals surface area contributed by atoms with Crippen LogP contribution in [0, 0.1) is 0 Å². The van der Waals surface area contributed by atoms with Crippen LogP contribution in [0.4, 0.5) is 0 Å². The second-order valence-electron chi connectivity index (χ2n) is 7.87. The zero-order valence-electron chi connectivity index (χ0n) is 19.6. The lowest BCUT2D eigenvalue weighted by Crippen LogP contribution is -2.60. The number of ether oxygens (including phenoxy) is 6. The van der Waals surface area contributed by atoms with Crippen molar-refractivity contribution in [1.82, 2.24) is 0 Å². The van der Waals surface area contributed by atoms with Gasteiger partial charge in [0, 0.05) is 6.07 Å². The summed E-state index contributed by atoms with van der Waals surface area (Å²) in [6.07, 6.45) is -5.79. The number of rotatable bonds is 10. The van der Waals surface area contributed by atoms with E-state index in [4.69, 9.17) is 28.4 Å². The van der Waals surface area contributed by atoms with Gasteiger partial charge in [-0.1, -0.05) is 0 Å². The van der Waals surface area contributed by atoms with E-state index in [1.54, 1.807) is 26.4 Å². The van der Waals surface area contributed by atoms with Crippen molar-refractivity contribution in [1.29, 1.82) is 0 Å². The lowest BCUT2D eigenvalue weighted by molar-refractivity contribution is -0.277. The summed E-state index contributed by atoms with van der Waals surface area (Å²) in [5, 5.41) is 39.9.